The van der Waals surface area contributed by atoms with Gasteiger partial charge in [-0.1, -0.05) is 54.6 Å². The molecule has 3 aromatic carbocycles. The second-order valence-corrected chi connectivity index (χ2v) is 7.32. The third-order valence-corrected chi connectivity index (χ3v) is 5.55. The summed E-state index contributed by atoms with van der Waals surface area (Å²) >= 11 is 0. The third-order valence-electron chi connectivity index (χ3n) is 5.55. The number of benzene rings is 3. The fourth-order valence-corrected chi connectivity index (χ4v) is 4.11. The predicted molar refractivity (Wildman–Crippen MR) is 118 cm³/mol. The van der Waals surface area contributed by atoms with Crippen molar-refractivity contribution in [3.8, 4) is 0 Å². The minimum absolute atomic E-state index is 0.675. The molecule has 0 radical (unpaired) electrons. The van der Waals surface area contributed by atoms with E-state index >= 15 is 0 Å². The molecule has 0 saturated carbocycles. The number of hydrogen-bond acceptors (Lipinski definition) is 2. The van der Waals surface area contributed by atoms with Crippen LogP contribution < -0.4 is 5.62 Å². The summed E-state index contributed by atoms with van der Waals surface area (Å²) in [4.78, 5) is 13.4. The summed E-state index contributed by atoms with van der Waals surface area (Å²) in [7, 11) is 0. The number of nitrogens with zero attached hydrogens (tertiary/aromatic N) is 3. The van der Waals surface area contributed by atoms with Crippen molar-refractivity contribution in [2.75, 3.05) is 0 Å². The lowest BCUT2D eigenvalue weighted by molar-refractivity contribution is 0.966. The highest BCUT2D eigenvalue weighted by Gasteiger charge is 2.12. The zero-order chi connectivity index (χ0) is 19.4. The molecule has 0 amide bonds. The molecule has 0 aliphatic rings. The number of rotatable bonds is 1. The van der Waals surface area contributed by atoms with E-state index in [4.69, 9.17) is 9.98 Å². The van der Waals surface area contributed by atoms with Crippen molar-refractivity contribution in [2.45, 2.75) is 6.92 Å². The quantitative estimate of drug-likeness (QED) is 0.371. The highest BCUT2D eigenvalue weighted by molar-refractivity contribution is 6.16. The third kappa shape index (κ3) is 2.39. The number of para-hydroxylation sites is 3. The monoisotopic (exact) mass is 374 g/mol. The van der Waals surface area contributed by atoms with Crippen LogP contribution in [0.4, 0.5) is 5.69 Å². The van der Waals surface area contributed by atoms with Gasteiger partial charge >= 0.3 is 0 Å². The van der Waals surface area contributed by atoms with Crippen LogP contribution in [0.25, 0.3) is 38.2 Å². The molecule has 0 atom stereocenters. The molecule has 3 heterocycles. The van der Waals surface area contributed by atoms with Gasteiger partial charge in [0.1, 0.15) is 0 Å². The molecular weight excluding hydrogens is 356 g/mol. The lowest BCUT2D eigenvalue weighted by Gasteiger charge is -2.08. The van der Waals surface area contributed by atoms with E-state index in [0.717, 1.165) is 38.7 Å². The first-order valence-corrected chi connectivity index (χ1v) is 9.70. The van der Waals surface area contributed by atoms with Gasteiger partial charge in [0.15, 0.2) is 0 Å². The van der Waals surface area contributed by atoms with Crippen LogP contribution in [0.15, 0.2) is 90.1 Å². The van der Waals surface area contributed by atoms with Crippen LogP contribution in [0.2, 0.25) is 0 Å². The normalized spacial score (nSPS) is 12.5. The zero-order valence-electron chi connectivity index (χ0n) is 15.9. The maximum absolute atomic E-state index is 4.92. The molecule has 138 valence electrons. The average Bonchev–Trinajstić information content (AvgIpc) is 3.14. The van der Waals surface area contributed by atoms with Gasteiger partial charge in [-0.15, -0.1) is 0 Å². The van der Waals surface area contributed by atoms with E-state index in [9.17, 15) is 0 Å². The lowest BCUT2D eigenvalue weighted by atomic mass is 10.1. The molecule has 0 aliphatic carbocycles. The smallest absolute Gasteiger partial charge is 0.235 e. The minimum atomic E-state index is 0.675. The Morgan fingerprint density at radius 2 is 1.55 bits per heavy atom. The standard InChI is InChI=1S/C25H18N4/c1-16-8-2-5-11-20(16)27-25-28-22-13-7-4-10-19(22)24-23-18(14-15-29(24)25)17-9-3-6-12-21(17)26-23/h2-15,26H,1H3. The summed E-state index contributed by atoms with van der Waals surface area (Å²) in [5, 5.41) is 3.54. The molecule has 4 heteroatoms. The Morgan fingerprint density at radius 3 is 2.45 bits per heavy atom. The lowest BCUT2D eigenvalue weighted by Crippen LogP contribution is -2.19. The molecule has 6 rings (SSSR count). The Kier molecular flexibility index (Phi) is 3.35. The molecule has 0 aliphatic heterocycles. The van der Waals surface area contributed by atoms with E-state index in [1.165, 1.54) is 10.8 Å². The highest BCUT2D eigenvalue weighted by Crippen LogP contribution is 2.30. The SMILES string of the molecule is Cc1ccccc1N=c1nc2ccccc2c2c3[nH]c4ccccc4c3ccn12. The van der Waals surface area contributed by atoms with Crippen LogP contribution >= 0.6 is 0 Å². The van der Waals surface area contributed by atoms with Crippen molar-refractivity contribution in [3.63, 3.8) is 0 Å². The van der Waals surface area contributed by atoms with Crippen LogP contribution in [0.3, 0.4) is 0 Å². The first kappa shape index (κ1) is 16.1. The summed E-state index contributed by atoms with van der Waals surface area (Å²) in [6, 6.07) is 27.0. The largest absolute Gasteiger partial charge is 0.353 e. The number of fused-ring (bicyclic) bond motifs is 7. The van der Waals surface area contributed by atoms with E-state index in [1.807, 2.05) is 30.3 Å². The van der Waals surface area contributed by atoms with E-state index in [-0.39, 0.29) is 0 Å². The van der Waals surface area contributed by atoms with Gasteiger partial charge in [-0.25, -0.2) is 9.98 Å². The summed E-state index contributed by atoms with van der Waals surface area (Å²) in [5.41, 5.74) is 7.00. The van der Waals surface area contributed by atoms with Gasteiger partial charge in [-0.3, -0.25) is 4.40 Å². The average molecular weight is 374 g/mol. The van der Waals surface area contributed by atoms with Gasteiger partial charge in [0.05, 0.1) is 22.2 Å². The molecule has 29 heavy (non-hydrogen) atoms. The molecule has 0 bridgehead atoms. The van der Waals surface area contributed by atoms with Crippen LogP contribution in [0, 0.1) is 6.92 Å². The second kappa shape index (κ2) is 6.04. The van der Waals surface area contributed by atoms with Crippen LogP contribution in [-0.2, 0) is 0 Å². The van der Waals surface area contributed by atoms with Crippen LogP contribution in [-0.4, -0.2) is 14.4 Å². The van der Waals surface area contributed by atoms with Gasteiger partial charge < -0.3 is 4.98 Å². The minimum Gasteiger partial charge on any atom is -0.353 e. The summed E-state index contributed by atoms with van der Waals surface area (Å²) in [6.07, 6.45) is 2.08. The number of aromatic amines is 1. The van der Waals surface area contributed by atoms with E-state index in [1.54, 1.807) is 0 Å². The number of H-pyrrole nitrogens is 1. The van der Waals surface area contributed by atoms with Crippen LogP contribution in [0.5, 0.6) is 0 Å². The summed E-state index contributed by atoms with van der Waals surface area (Å²) in [6.45, 7) is 2.07. The molecule has 0 saturated heterocycles. The van der Waals surface area contributed by atoms with Crippen LogP contribution in [0.1, 0.15) is 5.56 Å². The zero-order valence-corrected chi connectivity index (χ0v) is 15.9. The van der Waals surface area contributed by atoms with Gasteiger partial charge in [0.25, 0.3) is 0 Å². The van der Waals surface area contributed by atoms with Crippen molar-refractivity contribution in [3.05, 3.63) is 96.2 Å². The Morgan fingerprint density at radius 1 is 0.793 bits per heavy atom. The summed E-state index contributed by atoms with van der Waals surface area (Å²) in [5.74, 6) is 0. The maximum atomic E-state index is 4.92. The highest BCUT2D eigenvalue weighted by atomic mass is 15.1. The van der Waals surface area contributed by atoms with Gasteiger partial charge in [0.2, 0.25) is 5.62 Å². The topological polar surface area (TPSA) is 45.5 Å². The molecule has 0 unspecified atom stereocenters. The molecule has 4 nitrogen and oxygen atoms in total. The molecule has 1 N–H and O–H groups in total. The number of aromatic nitrogens is 3. The fourth-order valence-electron chi connectivity index (χ4n) is 4.11. The Hall–Kier alpha value is -3.92. The fraction of sp³-hybridized carbons (Fsp3) is 0.0400. The van der Waals surface area contributed by atoms with Gasteiger partial charge in [-0.05, 0) is 36.8 Å². The second-order valence-electron chi connectivity index (χ2n) is 7.32. The first-order valence-electron chi connectivity index (χ1n) is 9.70. The number of nitrogens with one attached hydrogen (secondary N) is 1. The number of hydrogen-bond donors (Lipinski definition) is 1. The van der Waals surface area contributed by atoms with Gasteiger partial charge in [0, 0.05) is 27.9 Å². The van der Waals surface area contributed by atoms with E-state index < -0.39 is 0 Å². The van der Waals surface area contributed by atoms with Crippen molar-refractivity contribution in [2.24, 2.45) is 4.99 Å². The molecule has 6 aromatic rings. The Balaban J connectivity index is 1.85. The molecular formula is C25H18N4. The Labute approximate surface area is 166 Å². The first-order chi connectivity index (χ1) is 14.3. The number of aryl methyl sites for hydroxylation is 1. The van der Waals surface area contributed by atoms with Gasteiger partial charge in [-0.2, -0.15) is 0 Å². The molecule has 0 spiro atoms. The maximum Gasteiger partial charge on any atom is 0.235 e. The predicted octanol–water partition coefficient (Wildman–Crippen LogP) is 5.66. The van der Waals surface area contributed by atoms with Crippen molar-refractivity contribution < 1.29 is 0 Å². The van der Waals surface area contributed by atoms with E-state index in [2.05, 4.69) is 71.0 Å². The van der Waals surface area contributed by atoms with Crippen molar-refractivity contribution in [1.29, 1.82) is 0 Å². The number of pyridine rings is 1. The van der Waals surface area contributed by atoms with E-state index in [0.29, 0.717) is 5.62 Å². The molecule has 0 fully saturated rings. The van der Waals surface area contributed by atoms with Crippen molar-refractivity contribution in [1.82, 2.24) is 14.4 Å². The van der Waals surface area contributed by atoms with Crippen molar-refractivity contribution >= 4 is 43.9 Å². The molecule has 3 aromatic heterocycles. The Bertz CT molecular complexity index is 1620. The summed E-state index contributed by atoms with van der Waals surface area (Å²) < 4.78 is 2.09.